The molecule has 1 aromatic carbocycles. The molecular weight excluding hydrogens is 470 g/mol. The molecule has 0 unspecified atom stereocenters. The van der Waals surface area contributed by atoms with E-state index in [9.17, 15) is 14.7 Å². The Hall–Kier alpha value is -2.40. The van der Waals surface area contributed by atoms with Crippen molar-refractivity contribution in [1.29, 1.82) is 0 Å². The first kappa shape index (κ1) is 30.6. The number of nitrogens with one attached hydrogen (secondary N) is 1. The Bertz CT molecular complexity index is 742. The Kier molecular flexibility index (Phi) is 16.5. The summed E-state index contributed by atoms with van der Waals surface area (Å²) in [5.41, 5.74) is 0.737. The van der Waals surface area contributed by atoms with E-state index in [1.165, 1.54) is 6.08 Å². The summed E-state index contributed by atoms with van der Waals surface area (Å²) in [7, 11) is -2.68. The molecule has 10 heteroatoms. The number of carbonyl (C=O) groups excluding carboxylic acids is 2. The Morgan fingerprint density at radius 3 is 2.23 bits per heavy atom. The number of benzene rings is 1. The predicted molar refractivity (Wildman–Crippen MR) is 134 cm³/mol. The van der Waals surface area contributed by atoms with Crippen LogP contribution < -0.4 is 15.2 Å². The molecule has 1 aromatic rings. The minimum atomic E-state index is -2.68. The number of unbranched alkanes of at least 4 members (excludes halogenated alkanes) is 3. The first-order valence-corrected chi connectivity index (χ1v) is 14.3. The van der Waals surface area contributed by atoms with E-state index in [-0.39, 0.29) is 0 Å². The van der Waals surface area contributed by atoms with Gasteiger partial charge in [-0.1, -0.05) is 18.2 Å². The van der Waals surface area contributed by atoms with Crippen LogP contribution in [0.4, 0.5) is 4.79 Å². The van der Waals surface area contributed by atoms with Crippen LogP contribution in [0.15, 0.2) is 30.3 Å². The van der Waals surface area contributed by atoms with Crippen LogP contribution in [-0.2, 0) is 22.8 Å². The first-order valence-electron chi connectivity index (χ1n) is 12.4. The normalized spacial score (nSPS) is 11.5. The molecule has 0 spiro atoms. The fraction of sp³-hybridized carbons (Fsp3) is 0.600. The zero-order chi connectivity index (χ0) is 25.8. The van der Waals surface area contributed by atoms with Crippen LogP contribution in [0.25, 0.3) is 6.08 Å². The Labute approximate surface area is 210 Å². The molecule has 1 N–H and O–H groups in total. The van der Waals surface area contributed by atoms with E-state index in [1.54, 1.807) is 12.1 Å². The van der Waals surface area contributed by atoms with Gasteiger partial charge in [0, 0.05) is 32.4 Å². The van der Waals surface area contributed by atoms with Gasteiger partial charge in [-0.15, -0.1) is 0 Å². The van der Waals surface area contributed by atoms with Gasteiger partial charge in [-0.05, 0) is 76.6 Å². The highest BCUT2D eigenvalue weighted by molar-refractivity contribution is 6.60. The van der Waals surface area contributed by atoms with Gasteiger partial charge in [0.05, 0.1) is 19.2 Å². The Morgan fingerprint density at radius 2 is 1.60 bits per heavy atom. The Balaban J connectivity index is 2.11. The second-order valence-corrected chi connectivity index (χ2v) is 10.4. The Morgan fingerprint density at radius 1 is 0.943 bits per heavy atom. The summed E-state index contributed by atoms with van der Waals surface area (Å²) < 4.78 is 28.3. The van der Waals surface area contributed by atoms with Gasteiger partial charge >= 0.3 is 14.9 Å². The summed E-state index contributed by atoms with van der Waals surface area (Å²) >= 11 is 0. The van der Waals surface area contributed by atoms with E-state index >= 15 is 0 Å². The van der Waals surface area contributed by atoms with Gasteiger partial charge in [0.2, 0.25) is 0 Å². The summed E-state index contributed by atoms with van der Waals surface area (Å²) in [6.45, 7) is 8.77. The standard InChI is InChI=1S/C25H41NO8Si/c1-4-32-35(33-5-2,34-6-3)20-12-17-26-25(29)31-19-10-8-7-9-18-30-23-14-11-13-22(21-23)15-16-24(27)28/h11,13-16,21H,4-10,12,17-20H2,1-3H3,(H,26,29)(H,27,28)/p-1/b16-15+. The molecule has 0 atom stereocenters. The molecule has 0 fully saturated rings. The topological polar surface area (TPSA) is 115 Å². The average Bonchev–Trinajstić information content (AvgIpc) is 2.83. The van der Waals surface area contributed by atoms with Gasteiger partial charge < -0.3 is 38.0 Å². The van der Waals surface area contributed by atoms with Crippen LogP contribution in [0, 0.1) is 0 Å². The summed E-state index contributed by atoms with van der Waals surface area (Å²) in [5.74, 6) is -0.544. The molecule has 0 aliphatic rings. The van der Waals surface area contributed by atoms with Crippen molar-refractivity contribution in [3.63, 3.8) is 0 Å². The molecule has 0 heterocycles. The number of rotatable bonds is 20. The number of carboxylic acids is 1. The number of amides is 1. The van der Waals surface area contributed by atoms with Crippen molar-refractivity contribution in [3.8, 4) is 5.75 Å². The maximum Gasteiger partial charge on any atom is 0.500 e. The molecule has 0 saturated carbocycles. The lowest BCUT2D eigenvalue weighted by Crippen LogP contribution is -2.46. The van der Waals surface area contributed by atoms with E-state index in [2.05, 4.69) is 5.32 Å². The molecule has 0 bridgehead atoms. The second kappa shape index (κ2) is 18.9. The molecule has 0 aliphatic carbocycles. The van der Waals surface area contributed by atoms with Gasteiger partial charge in [-0.2, -0.15) is 0 Å². The molecular formula is C25H40NO8Si-. The highest BCUT2D eigenvalue weighted by atomic mass is 28.4. The van der Waals surface area contributed by atoms with Crippen molar-refractivity contribution >= 4 is 26.9 Å². The highest BCUT2D eigenvalue weighted by Crippen LogP contribution is 2.18. The number of alkyl carbamates (subject to hydrolysis) is 1. The summed E-state index contributed by atoms with van der Waals surface area (Å²) in [6.07, 6.45) is 6.26. The van der Waals surface area contributed by atoms with Gasteiger partial charge in [0.25, 0.3) is 0 Å². The monoisotopic (exact) mass is 510 g/mol. The van der Waals surface area contributed by atoms with E-state index in [0.717, 1.165) is 37.3 Å². The lowest BCUT2D eigenvalue weighted by Gasteiger charge is -2.28. The smallest absolute Gasteiger partial charge is 0.500 e. The summed E-state index contributed by atoms with van der Waals surface area (Å²) in [5, 5.41) is 13.3. The lowest BCUT2D eigenvalue weighted by molar-refractivity contribution is -0.297. The zero-order valence-corrected chi connectivity index (χ0v) is 22.2. The SMILES string of the molecule is CCO[Si](CCCNC(=O)OCCCCCCOc1cccc(/C=C/C(=O)[O-])c1)(OCC)OCC. The zero-order valence-electron chi connectivity index (χ0n) is 21.2. The van der Waals surface area contributed by atoms with Crippen LogP contribution >= 0.6 is 0 Å². The second-order valence-electron chi connectivity index (χ2n) is 7.64. The lowest BCUT2D eigenvalue weighted by atomic mass is 10.2. The third-order valence-electron chi connectivity index (χ3n) is 4.83. The van der Waals surface area contributed by atoms with Gasteiger partial charge in [0.15, 0.2) is 0 Å². The summed E-state index contributed by atoms with van der Waals surface area (Å²) in [4.78, 5) is 22.4. The van der Waals surface area contributed by atoms with Crippen molar-refractivity contribution in [2.75, 3.05) is 39.6 Å². The molecule has 35 heavy (non-hydrogen) atoms. The van der Waals surface area contributed by atoms with Crippen LogP contribution in [-0.4, -0.2) is 60.4 Å². The number of ether oxygens (including phenoxy) is 2. The largest absolute Gasteiger partial charge is 0.545 e. The van der Waals surface area contributed by atoms with Crippen molar-refractivity contribution in [2.45, 2.75) is 58.9 Å². The molecule has 1 amide bonds. The third-order valence-corrected chi connectivity index (χ3v) is 7.98. The molecule has 0 saturated heterocycles. The van der Waals surface area contributed by atoms with E-state index in [1.807, 2.05) is 32.9 Å². The molecule has 198 valence electrons. The van der Waals surface area contributed by atoms with E-state index in [0.29, 0.717) is 57.8 Å². The first-order chi connectivity index (χ1) is 16.9. The maximum atomic E-state index is 11.9. The van der Waals surface area contributed by atoms with Crippen molar-refractivity contribution in [2.24, 2.45) is 0 Å². The highest BCUT2D eigenvalue weighted by Gasteiger charge is 2.39. The quantitative estimate of drug-likeness (QED) is 0.161. The average molecular weight is 511 g/mol. The van der Waals surface area contributed by atoms with E-state index < -0.39 is 20.9 Å². The van der Waals surface area contributed by atoms with Crippen LogP contribution in [0.3, 0.4) is 0 Å². The van der Waals surface area contributed by atoms with Crippen LogP contribution in [0.5, 0.6) is 5.75 Å². The molecule has 9 nitrogen and oxygen atoms in total. The third kappa shape index (κ3) is 14.6. The molecule has 0 aromatic heterocycles. The molecule has 1 rings (SSSR count). The minimum Gasteiger partial charge on any atom is -0.545 e. The minimum absolute atomic E-state index is 0.370. The summed E-state index contributed by atoms with van der Waals surface area (Å²) in [6, 6.07) is 7.85. The van der Waals surface area contributed by atoms with Gasteiger partial charge in [0.1, 0.15) is 5.75 Å². The fourth-order valence-electron chi connectivity index (χ4n) is 3.33. The van der Waals surface area contributed by atoms with Gasteiger partial charge in [-0.3, -0.25) is 0 Å². The van der Waals surface area contributed by atoms with Crippen molar-refractivity contribution in [1.82, 2.24) is 5.32 Å². The van der Waals surface area contributed by atoms with Crippen LogP contribution in [0.2, 0.25) is 6.04 Å². The van der Waals surface area contributed by atoms with Crippen molar-refractivity contribution in [3.05, 3.63) is 35.9 Å². The van der Waals surface area contributed by atoms with Crippen molar-refractivity contribution < 1.29 is 37.4 Å². The maximum absolute atomic E-state index is 11.9. The van der Waals surface area contributed by atoms with Crippen LogP contribution in [0.1, 0.15) is 58.4 Å². The molecule has 0 aliphatic heterocycles. The predicted octanol–water partition coefficient (Wildman–Crippen LogP) is 3.55. The van der Waals surface area contributed by atoms with Gasteiger partial charge in [-0.25, -0.2) is 4.79 Å². The number of aliphatic carboxylic acids is 1. The number of hydrogen-bond donors (Lipinski definition) is 1. The van der Waals surface area contributed by atoms with E-state index in [4.69, 9.17) is 22.8 Å². The number of hydrogen-bond acceptors (Lipinski definition) is 8. The number of carbonyl (C=O) groups is 2. The number of carboxylic acid groups (broad SMARTS) is 1. The fourth-order valence-corrected chi connectivity index (χ4v) is 5.94. The molecule has 0 radical (unpaired) electrons.